The van der Waals surface area contributed by atoms with Crippen molar-refractivity contribution in [3.8, 4) is 12.3 Å². The third-order valence-corrected chi connectivity index (χ3v) is 4.54. The fourth-order valence-electron chi connectivity index (χ4n) is 1.93. The molecule has 1 saturated heterocycles. The van der Waals surface area contributed by atoms with Crippen LogP contribution in [0.25, 0.3) is 0 Å². The van der Waals surface area contributed by atoms with Crippen molar-refractivity contribution in [1.29, 1.82) is 0 Å². The van der Waals surface area contributed by atoms with E-state index in [4.69, 9.17) is 6.42 Å². The van der Waals surface area contributed by atoms with E-state index >= 15 is 0 Å². The maximum Gasteiger partial charge on any atom is 0.292 e. The summed E-state index contributed by atoms with van der Waals surface area (Å²) in [7, 11) is -3.07. The Labute approximate surface area is 105 Å². The van der Waals surface area contributed by atoms with E-state index in [0.717, 1.165) is 0 Å². The Hall–Kier alpha value is -1.88. The SMILES string of the molecule is C#CCN(C(=O)c1ncn[nH]1)C1CCS(=O)(=O)C1. The predicted molar refractivity (Wildman–Crippen MR) is 63.3 cm³/mol. The number of carbonyl (C=O) groups excluding carboxylic acids is 1. The summed E-state index contributed by atoms with van der Waals surface area (Å²) in [5.41, 5.74) is 0. The molecule has 0 spiro atoms. The first-order chi connectivity index (χ1) is 8.53. The third kappa shape index (κ3) is 2.51. The molecule has 0 aromatic carbocycles. The Bertz CT molecular complexity index is 573. The van der Waals surface area contributed by atoms with Gasteiger partial charge in [-0.2, -0.15) is 5.10 Å². The number of amides is 1. The van der Waals surface area contributed by atoms with Crippen molar-refractivity contribution < 1.29 is 13.2 Å². The average Bonchev–Trinajstić information content (AvgIpc) is 2.94. The van der Waals surface area contributed by atoms with Crippen molar-refractivity contribution in [3.63, 3.8) is 0 Å². The monoisotopic (exact) mass is 268 g/mol. The van der Waals surface area contributed by atoms with Crippen LogP contribution < -0.4 is 0 Å². The standard InChI is InChI=1S/C10H12N4O3S/c1-2-4-14(8-3-5-18(16,17)6-8)10(15)9-11-7-12-13-9/h1,7-8H,3-6H2,(H,11,12,13). The Morgan fingerprint density at radius 3 is 2.94 bits per heavy atom. The van der Waals surface area contributed by atoms with Crippen molar-refractivity contribution >= 4 is 15.7 Å². The van der Waals surface area contributed by atoms with Gasteiger partial charge in [-0.25, -0.2) is 13.4 Å². The van der Waals surface area contributed by atoms with Gasteiger partial charge in [-0.3, -0.25) is 9.89 Å². The minimum Gasteiger partial charge on any atom is -0.321 e. The van der Waals surface area contributed by atoms with Crippen molar-refractivity contribution in [2.24, 2.45) is 0 Å². The van der Waals surface area contributed by atoms with Crippen LogP contribution in [-0.4, -0.2) is 58.5 Å². The van der Waals surface area contributed by atoms with Crippen molar-refractivity contribution in [1.82, 2.24) is 20.1 Å². The van der Waals surface area contributed by atoms with E-state index in [1.807, 2.05) is 0 Å². The minimum absolute atomic E-state index is 0.0471. The lowest BCUT2D eigenvalue weighted by atomic mass is 10.2. The van der Waals surface area contributed by atoms with Gasteiger partial charge in [0.05, 0.1) is 18.1 Å². The van der Waals surface area contributed by atoms with E-state index < -0.39 is 15.7 Å². The van der Waals surface area contributed by atoms with E-state index in [-0.39, 0.29) is 29.9 Å². The van der Waals surface area contributed by atoms with E-state index in [0.29, 0.717) is 6.42 Å². The second kappa shape index (κ2) is 4.78. The molecule has 2 rings (SSSR count). The normalized spacial score (nSPS) is 21.4. The number of aromatic nitrogens is 3. The molecule has 1 aliphatic rings. The second-order valence-electron chi connectivity index (χ2n) is 4.03. The van der Waals surface area contributed by atoms with Gasteiger partial charge in [0, 0.05) is 6.04 Å². The molecular weight excluding hydrogens is 256 g/mol. The molecule has 8 heteroatoms. The van der Waals surface area contributed by atoms with Crippen molar-refractivity contribution in [3.05, 3.63) is 12.2 Å². The molecule has 0 saturated carbocycles. The molecule has 7 nitrogen and oxygen atoms in total. The molecule has 1 N–H and O–H groups in total. The molecule has 1 aromatic heterocycles. The molecule has 1 atom stereocenters. The topological polar surface area (TPSA) is 96.0 Å². The third-order valence-electron chi connectivity index (χ3n) is 2.79. The highest BCUT2D eigenvalue weighted by molar-refractivity contribution is 7.91. The van der Waals surface area contributed by atoms with E-state index in [9.17, 15) is 13.2 Å². The van der Waals surface area contributed by atoms with Crippen molar-refractivity contribution in [2.75, 3.05) is 18.1 Å². The summed E-state index contributed by atoms with van der Waals surface area (Å²) in [6, 6.07) is -0.386. The number of hydrogen-bond acceptors (Lipinski definition) is 5. The summed E-state index contributed by atoms with van der Waals surface area (Å²) in [5.74, 6) is 2.04. The average molecular weight is 268 g/mol. The summed E-state index contributed by atoms with van der Waals surface area (Å²) in [6.45, 7) is 0.0553. The summed E-state index contributed by atoms with van der Waals surface area (Å²) in [6.07, 6.45) is 6.84. The number of nitrogens with zero attached hydrogens (tertiary/aromatic N) is 3. The molecule has 1 fully saturated rings. The van der Waals surface area contributed by atoms with E-state index in [2.05, 4.69) is 21.1 Å². The van der Waals surface area contributed by atoms with Crippen LogP contribution in [0.5, 0.6) is 0 Å². The molecule has 96 valence electrons. The maximum atomic E-state index is 12.1. The van der Waals surface area contributed by atoms with E-state index in [1.165, 1.54) is 11.2 Å². The Balaban J connectivity index is 2.19. The molecule has 18 heavy (non-hydrogen) atoms. The molecule has 1 aromatic rings. The highest BCUT2D eigenvalue weighted by atomic mass is 32.2. The summed E-state index contributed by atoms with van der Waals surface area (Å²) < 4.78 is 22.9. The van der Waals surface area contributed by atoms with Crippen LogP contribution in [0.1, 0.15) is 17.0 Å². The van der Waals surface area contributed by atoms with Gasteiger partial charge >= 0.3 is 0 Å². The summed E-state index contributed by atoms with van der Waals surface area (Å²) in [5, 5.41) is 6.04. The first-order valence-electron chi connectivity index (χ1n) is 5.34. The zero-order valence-electron chi connectivity index (χ0n) is 9.54. The number of H-pyrrole nitrogens is 1. The van der Waals surface area contributed by atoms with Gasteiger partial charge < -0.3 is 4.90 Å². The predicted octanol–water partition coefficient (Wildman–Crippen LogP) is -0.933. The molecule has 0 aliphatic carbocycles. The number of sulfone groups is 1. The number of nitrogens with one attached hydrogen (secondary N) is 1. The van der Waals surface area contributed by atoms with Gasteiger partial charge in [-0.05, 0) is 6.42 Å². The fourth-order valence-corrected chi connectivity index (χ4v) is 3.66. The van der Waals surface area contributed by atoms with Gasteiger partial charge in [0.1, 0.15) is 6.33 Å². The number of aromatic amines is 1. The fraction of sp³-hybridized carbons (Fsp3) is 0.500. The van der Waals surface area contributed by atoms with Gasteiger partial charge in [-0.1, -0.05) is 5.92 Å². The smallest absolute Gasteiger partial charge is 0.292 e. The molecule has 0 radical (unpaired) electrons. The molecule has 1 unspecified atom stereocenters. The van der Waals surface area contributed by atoms with Crippen LogP contribution in [0.3, 0.4) is 0 Å². The van der Waals surface area contributed by atoms with Crippen LogP contribution >= 0.6 is 0 Å². The van der Waals surface area contributed by atoms with Crippen LogP contribution in [0.4, 0.5) is 0 Å². The summed E-state index contributed by atoms with van der Waals surface area (Å²) >= 11 is 0. The molecular formula is C10H12N4O3S. The quantitative estimate of drug-likeness (QED) is 0.714. The number of terminal acetylenes is 1. The number of carbonyl (C=O) groups is 1. The van der Waals surface area contributed by atoms with Crippen molar-refractivity contribution in [2.45, 2.75) is 12.5 Å². The molecule has 2 heterocycles. The lowest BCUT2D eigenvalue weighted by Crippen LogP contribution is -2.41. The summed E-state index contributed by atoms with van der Waals surface area (Å²) in [4.78, 5) is 17.2. The second-order valence-corrected chi connectivity index (χ2v) is 6.26. The number of hydrogen-bond donors (Lipinski definition) is 1. The lowest BCUT2D eigenvalue weighted by molar-refractivity contribution is 0.0712. The Kier molecular flexibility index (Phi) is 3.34. The first-order valence-corrected chi connectivity index (χ1v) is 7.16. The van der Waals surface area contributed by atoms with Gasteiger partial charge in [0.15, 0.2) is 9.84 Å². The van der Waals surface area contributed by atoms with Gasteiger partial charge in [-0.15, -0.1) is 6.42 Å². The number of rotatable bonds is 3. The maximum absolute atomic E-state index is 12.1. The van der Waals surface area contributed by atoms with Gasteiger partial charge in [0.2, 0.25) is 5.82 Å². The van der Waals surface area contributed by atoms with Crippen LogP contribution in [0.15, 0.2) is 6.33 Å². The van der Waals surface area contributed by atoms with Crippen LogP contribution in [-0.2, 0) is 9.84 Å². The Morgan fingerprint density at radius 1 is 1.67 bits per heavy atom. The highest BCUT2D eigenvalue weighted by Crippen LogP contribution is 2.18. The van der Waals surface area contributed by atoms with Gasteiger partial charge in [0.25, 0.3) is 5.91 Å². The molecule has 0 bridgehead atoms. The zero-order valence-corrected chi connectivity index (χ0v) is 10.4. The Morgan fingerprint density at radius 2 is 2.44 bits per heavy atom. The van der Waals surface area contributed by atoms with Crippen LogP contribution in [0.2, 0.25) is 0 Å². The van der Waals surface area contributed by atoms with Crippen LogP contribution in [0, 0.1) is 12.3 Å². The van der Waals surface area contributed by atoms with E-state index in [1.54, 1.807) is 0 Å². The molecule has 1 amide bonds. The minimum atomic E-state index is -3.07. The zero-order chi connectivity index (χ0) is 13.2. The molecule has 1 aliphatic heterocycles. The lowest BCUT2D eigenvalue weighted by Gasteiger charge is -2.24. The highest BCUT2D eigenvalue weighted by Gasteiger charge is 2.35. The first kappa shape index (κ1) is 12.6. The largest absolute Gasteiger partial charge is 0.321 e.